The van der Waals surface area contributed by atoms with Crippen LogP contribution < -0.4 is 10.2 Å². The van der Waals surface area contributed by atoms with E-state index >= 15 is 0 Å². The van der Waals surface area contributed by atoms with Crippen LogP contribution in [0.3, 0.4) is 0 Å². The average molecular weight is 432 g/mol. The van der Waals surface area contributed by atoms with Gasteiger partial charge in [-0.25, -0.2) is 0 Å². The van der Waals surface area contributed by atoms with Gasteiger partial charge < -0.3 is 15.3 Å². The Bertz CT molecular complexity index is 759. The highest BCUT2D eigenvalue weighted by Gasteiger charge is 2.26. The molecular weight excluding hydrogens is 394 g/mol. The summed E-state index contributed by atoms with van der Waals surface area (Å²) in [5, 5.41) is 13.8. The third-order valence-electron chi connectivity index (χ3n) is 6.00. The first-order chi connectivity index (χ1) is 14.3. The molecule has 1 aliphatic carbocycles. The van der Waals surface area contributed by atoms with Crippen molar-refractivity contribution < 1.29 is 9.90 Å². The standard InChI is InChI=1S/C24H37N3O2S/c1-16(2)14-27(20-8-6-5-7-9-20)22-11-10-19(17(3)12-23(28)29)13-21(22)26-24-25-18(4)15-30-24/h10-11,13,16-18,20H,5-9,12,14-15H2,1-4H3,(H,25,26)(H,28,29)/t17?,18-/m1/s1. The Morgan fingerprint density at radius 3 is 2.60 bits per heavy atom. The Hall–Kier alpha value is -1.69. The van der Waals surface area contributed by atoms with E-state index in [9.17, 15) is 9.90 Å². The molecule has 0 bridgehead atoms. The predicted octanol–water partition coefficient (Wildman–Crippen LogP) is 5.96. The fourth-order valence-corrected chi connectivity index (χ4v) is 5.39. The molecule has 1 saturated carbocycles. The van der Waals surface area contributed by atoms with Gasteiger partial charge in [-0.1, -0.05) is 57.9 Å². The molecule has 1 aliphatic heterocycles. The molecule has 1 unspecified atom stereocenters. The largest absolute Gasteiger partial charge is 0.481 e. The number of anilines is 2. The van der Waals surface area contributed by atoms with Crippen molar-refractivity contribution in [3.8, 4) is 0 Å². The van der Waals surface area contributed by atoms with E-state index in [4.69, 9.17) is 4.99 Å². The van der Waals surface area contributed by atoms with Crippen molar-refractivity contribution in [3.05, 3.63) is 23.8 Å². The monoisotopic (exact) mass is 431 g/mol. The summed E-state index contributed by atoms with van der Waals surface area (Å²) in [4.78, 5) is 18.6. The van der Waals surface area contributed by atoms with Gasteiger partial charge in [0.15, 0.2) is 5.17 Å². The summed E-state index contributed by atoms with van der Waals surface area (Å²) < 4.78 is 0. The maximum absolute atomic E-state index is 11.2. The lowest BCUT2D eigenvalue weighted by atomic mass is 9.92. The number of amidine groups is 1. The maximum atomic E-state index is 11.2. The van der Waals surface area contributed by atoms with Crippen LogP contribution in [0.25, 0.3) is 0 Å². The lowest BCUT2D eigenvalue weighted by molar-refractivity contribution is -0.137. The smallest absolute Gasteiger partial charge is 0.303 e. The Kier molecular flexibility index (Phi) is 8.09. The molecule has 2 N–H and O–H groups in total. The fourth-order valence-electron chi connectivity index (χ4n) is 4.48. The first-order valence-electron chi connectivity index (χ1n) is 11.4. The van der Waals surface area contributed by atoms with E-state index < -0.39 is 5.97 Å². The highest BCUT2D eigenvalue weighted by molar-refractivity contribution is 8.14. The minimum absolute atomic E-state index is 0.0255. The quantitative estimate of drug-likeness (QED) is 0.531. The van der Waals surface area contributed by atoms with E-state index in [1.807, 2.05) is 6.92 Å². The van der Waals surface area contributed by atoms with Crippen molar-refractivity contribution in [2.45, 2.75) is 84.2 Å². The number of aliphatic imine (C=N–C) groups is 1. The number of benzene rings is 1. The van der Waals surface area contributed by atoms with Crippen LogP contribution in [0.5, 0.6) is 0 Å². The molecule has 0 spiro atoms. The lowest BCUT2D eigenvalue weighted by Gasteiger charge is -2.38. The highest BCUT2D eigenvalue weighted by Crippen LogP contribution is 2.37. The van der Waals surface area contributed by atoms with E-state index in [1.165, 1.54) is 37.8 Å². The van der Waals surface area contributed by atoms with Crippen LogP contribution in [0.1, 0.15) is 77.7 Å². The molecule has 0 aromatic heterocycles. The Balaban J connectivity index is 1.96. The molecule has 1 aromatic carbocycles. The minimum Gasteiger partial charge on any atom is -0.481 e. The molecule has 30 heavy (non-hydrogen) atoms. The second-order valence-electron chi connectivity index (χ2n) is 9.33. The summed E-state index contributed by atoms with van der Waals surface area (Å²) in [6.07, 6.45) is 6.58. The molecule has 0 amide bonds. The van der Waals surface area contributed by atoms with E-state index in [-0.39, 0.29) is 12.3 Å². The van der Waals surface area contributed by atoms with Gasteiger partial charge in [0.1, 0.15) is 0 Å². The Morgan fingerprint density at radius 1 is 1.27 bits per heavy atom. The Morgan fingerprint density at radius 2 is 2.00 bits per heavy atom. The van der Waals surface area contributed by atoms with Crippen molar-refractivity contribution in [2.24, 2.45) is 10.9 Å². The van der Waals surface area contributed by atoms with Gasteiger partial charge in [0.2, 0.25) is 0 Å². The zero-order chi connectivity index (χ0) is 21.7. The van der Waals surface area contributed by atoms with Gasteiger partial charge in [-0.3, -0.25) is 9.79 Å². The number of carboxylic acid groups (broad SMARTS) is 1. The topological polar surface area (TPSA) is 64.9 Å². The number of rotatable bonds is 8. The zero-order valence-corrected chi connectivity index (χ0v) is 19.7. The second kappa shape index (κ2) is 10.6. The van der Waals surface area contributed by atoms with Gasteiger partial charge in [-0.15, -0.1) is 0 Å². The SMILES string of the molecule is CC(C)CN(c1ccc(C(C)CC(=O)O)cc1NC1=N[C@H](C)CS1)C1CCCCC1. The van der Waals surface area contributed by atoms with E-state index in [0.717, 1.165) is 28.7 Å². The van der Waals surface area contributed by atoms with Crippen molar-refractivity contribution in [1.29, 1.82) is 0 Å². The van der Waals surface area contributed by atoms with Crippen molar-refractivity contribution >= 4 is 34.3 Å². The average Bonchev–Trinajstić information content (AvgIpc) is 3.11. The van der Waals surface area contributed by atoms with Crippen LogP contribution in [0.15, 0.2) is 23.2 Å². The maximum Gasteiger partial charge on any atom is 0.303 e. The van der Waals surface area contributed by atoms with Gasteiger partial charge >= 0.3 is 5.97 Å². The van der Waals surface area contributed by atoms with Crippen molar-refractivity contribution in [1.82, 2.24) is 0 Å². The van der Waals surface area contributed by atoms with Crippen molar-refractivity contribution in [2.75, 3.05) is 22.5 Å². The van der Waals surface area contributed by atoms with Crippen LogP contribution in [0.4, 0.5) is 11.4 Å². The van der Waals surface area contributed by atoms with Crippen molar-refractivity contribution in [3.63, 3.8) is 0 Å². The van der Waals surface area contributed by atoms with Gasteiger partial charge in [0.05, 0.1) is 23.8 Å². The predicted molar refractivity (Wildman–Crippen MR) is 129 cm³/mol. The molecular formula is C24H37N3O2S. The molecule has 1 fully saturated rings. The number of hydrogen-bond donors (Lipinski definition) is 2. The van der Waals surface area contributed by atoms with Crippen LogP contribution in [0, 0.1) is 5.92 Å². The molecule has 1 heterocycles. The molecule has 2 aliphatic rings. The third-order valence-corrected chi connectivity index (χ3v) is 7.13. The van der Waals surface area contributed by atoms with E-state index in [2.05, 4.69) is 49.2 Å². The molecule has 5 nitrogen and oxygen atoms in total. The molecule has 0 radical (unpaired) electrons. The van der Waals surface area contributed by atoms with E-state index in [0.29, 0.717) is 18.0 Å². The molecule has 0 saturated heterocycles. The fraction of sp³-hybridized carbons (Fsp3) is 0.667. The first-order valence-corrected chi connectivity index (χ1v) is 12.4. The molecule has 1 aromatic rings. The number of thioether (sulfide) groups is 1. The summed E-state index contributed by atoms with van der Waals surface area (Å²) >= 11 is 1.77. The van der Waals surface area contributed by atoms with Crippen LogP contribution >= 0.6 is 11.8 Å². The summed E-state index contributed by atoms with van der Waals surface area (Å²) in [5.41, 5.74) is 3.36. The number of hydrogen-bond acceptors (Lipinski definition) is 5. The van der Waals surface area contributed by atoms with Crippen LogP contribution in [-0.4, -0.2) is 40.6 Å². The van der Waals surface area contributed by atoms with Crippen LogP contribution in [0.2, 0.25) is 0 Å². The first kappa shape index (κ1) is 23.0. The lowest BCUT2D eigenvalue weighted by Crippen LogP contribution is -2.39. The zero-order valence-electron chi connectivity index (χ0n) is 18.9. The summed E-state index contributed by atoms with van der Waals surface area (Å²) in [6, 6.07) is 7.39. The minimum atomic E-state index is -0.755. The highest BCUT2D eigenvalue weighted by atomic mass is 32.2. The number of carboxylic acids is 1. The number of carbonyl (C=O) groups is 1. The number of nitrogens with zero attached hydrogens (tertiary/aromatic N) is 2. The Labute approximate surface area is 185 Å². The second-order valence-corrected chi connectivity index (χ2v) is 10.3. The summed E-state index contributed by atoms with van der Waals surface area (Å²) in [5.74, 6) is 0.797. The molecule has 3 rings (SSSR count). The molecule has 2 atom stereocenters. The normalized spacial score (nSPS) is 20.8. The summed E-state index contributed by atoms with van der Waals surface area (Å²) in [6.45, 7) is 9.72. The molecule has 6 heteroatoms. The summed E-state index contributed by atoms with van der Waals surface area (Å²) in [7, 11) is 0. The van der Waals surface area contributed by atoms with Gasteiger partial charge in [-0.05, 0) is 49.3 Å². The third kappa shape index (κ3) is 6.16. The number of aliphatic carboxylic acids is 1. The van der Waals surface area contributed by atoms with Gasteiger partial charge in [0.25, 0.3) is 0 Å². The molecule has 166 valence electrons. The van der Waals surface area contributed by atoms with Gasteiger partial charge in [-0.2, -0.15) is 0 Å². The van der Waals surface area contributed by atoms with E-state index in [1.54, 1.807) is 11.8 Å². The van der Waals surface area contributed by atoms with Crippen LogP contribution in [-0.2, 0) is 4.79 Å². The van der Waals surface area contributed by atoms with Gasteiger partial charge in [0, 0.05) is 18.3 Å². The number of nitrogens with one attached hydrogen (secondary N) is 1.